The van der Waals surface area contributed by atoms with Gasteiger partial charge in [0.15, 0.2) is 5.82 Å². The number of nitrogens with one attached hydrogen (secondary N) is 2. The maximum Gasteiger partial charge on any atom is 0.158 e. The zero-order chi connectivity index (χ0) is 15.1. The highest BCUT2D eigenvalue weighted by Gasteiger charge is 2.26. The second kappa shape index (κ2) is 8.14. The molecule has 0 aliphatic heterocycles. The van der Waals surface area contributed by atoms with Crippen LogP contribution in [0.5, 0.6) is 0 Å². The molecule has 0 saturated heterocycles. The van der Waals surface area contributed by atoms with Crippen molar-refractivity contribution in [3.05, 3.63) is 11.9 Å². The van der Waals surface area contributed by atoms with E-state index in [9.17, 15) is 5.11 Å². The third kappa shape index (κ3) is 4.54. The quantitative estimate of drug-likeness (QED) is 0.679. The minimum atomic E-state index is 0.285. The van der Waals surface area contributed by atoms with Crippen molar-refractivity contribution >= 4 is 11.6 Å². The van der Waals surface area contributed by atoms with E-state index in [1.165, 1.54) is 12.8 Å². The second-order valence-electron chi connectivity index (χ2n) is 5.46. The minimum absolute atomic E-state index is 0.285. The van der Waals surface area contributed by atoms with Gasteiger partial charge in [-0.05, 0) is 31.6 Å². The Morgan fingerprint density at radius 1 is 1.29 bits per heavy atom. The molecule has 0 radical (unpaired) electrons. The van der Waals surface area contributed by atoms with E-state index in [1.54, 1.807) is 0 Å². The molecule has 3 N–H and O–H groups in total. The van der Waals surface area contributed by atoms with Crippen LogP contribution in [0.15, 0.2) is 6.07 Å². The van der Waals surface area contributed by atoms with Crippen LogP contribution in [0.25, 0.3) is 0 Å². The molecular formula is C15H26N4O2. The molecule has 0 aromatic carbocycles. The number of hydrogen-bond acceptors (Lipinski definition) is 6. The van der Waals surface area contributed by atoms with E-state index >= 15 is 0 Å². The van der Waals surface area contributed by atoms with Crippen molar-refractivity contribution in [2.45, 2.75) is 32.8 Å². The lowest BCUT2D eigenvalue weighted by molar-refractivity contribution is 0.128. The SMILES string of the molecule is CCOCc1nc(NC)cc(NCC2CCCC2CO)n1. The highest BCUT2D eigenvalue weighted by molar-refractivity contribution is 5.47. The molecule has 0 amide bonds. The average molecular weight is 294 g/mol. The average Bonchev–Trinajstić information content (AvgIpc) is 2.98. The molecule has 6 nitrogen and oxygen atoms in total. The van der Waals surface area contributed by atoms with Crippen molar-refractivity contribution in [1.29, 1.82) is 0 Å². The van der Waals surface area contributed by atoms with Crippen LogP contribution < -0.4 is 10.6 Å². The van der Waals surface area contributed by atoms with Crippen molar-refractivity contribution in [1.82, 2.24) is 9.97 Å². The minimum Gasteiger partial charge on any atom is -0.396 e. The molecule has 1 aliphatic carbocycles. The summed E-state index contributed by atoms with van der Waals surface area (Å²) in [6.45, 7) is 4.16. The van der Waals surface area contributed by atoms with Crippen molar-refractivity contribution in [3.63, 3.8) is 0 Å². The zero-order valence-corrected chi connectivity index (χ0v) is 12.9. The molecule has 118 valence electrons. The standard InChI is InChI=1S/C15H26N4O2/c1-3-21-10-15-18-13(16-2)7-14(19-15)17-8-11-5-4-6-12(11)9-20/h7,11-12,20H,3-6,8-10H2,1-2H3,(H2,16,17,18,19). The van der Waals surface area contributed by atoms with Gasteiger partial charge in [-0.25, -0.2) is 9.97 Å². The summed E-state index contributed by atoms with van der Waals surface area (Å²) in [5, 5.41) is 15.8. The largest absolute Gasteiger partial charge is 0.396 e. The molecule has 6 heteroatoms. The van der Waals surface area contributed by atoms with E-state index in [-0.39, 0.29) is 6.61 Å². The monoisotopic (exact) mass is 294 g/mol. The van der Waals surface area contributed by atoms with Crippen LogP contribution in [0.1, 0.15) is 32.0 Å². The fraction of sp³-hybridized carbons (Fsp3) is 0.733. The Labute approximate surface area is 126 Å². The Morgan fingerprint density at radius 2 is 2.05 bits per heavy atom. The smallest absolute Gasteiger partial charge is 0.158 e. The number of ether oxygens (including phenoxy) is 1. The van der Waals surface area contributed by atoms with Crippen LogP contribution in [0.2, 0.25) is 0 Å². The number of aliphatic hydroxyl groups is 1. The number of nitrogens with zero attached hydrogens (tertiary/aromatic N) is 2. The first-order chi connectivity index (χ1) is 10.3. The van der Waals surface area contributed by atoms with Crippen LogP contribution in [-0.2, 0) is 11.3 Å². The summed E-state index contributed by atoms with van der Waals surface area (Å²) < 4.78 is 5.37. The Morgan fingerprint density at radius 3 is 2.76 bits per heavy atom. The van der Waals surface area contributed by atoms with Crippen LogP contribution >= 0.6 is 0 Å². The van der Waals surface area contributed by atoms with E-state index < -0.39 is 0 Å². The molecule has 1 heterocycles. The van der Waals surface area contributed by atoms with Gasteiger partial charge >= 0.3 is 0 Å². The maximum atomic E-state index is 9.38. The number of anilines is 2. The summed E-state index contributed by atoms with van der Waals surface area (Å²) in [5.41, 5.74) is 0. The van der Waals surface area contributed by atoms with Gasteiger partial charge in [-0.2, -0.15) is 0 Å². The van der Waals surface area contributed by atoms with E-state index in [0.29, 0.717) is 30.9 Å². The lowest BCUT2D eigenvalue weighted by Gasteiger charge is -2.18. The summed E-state index contributed by atoms with van der Waals surface area (Å²) in [6, 6.07) is 1.90. The highest BCUT2D eigenvalue weighted by Crippen LogP contribution is 2.31. The third-order valence-electron chi connectivity index (χ3n) is 4.06. The van der Waals surface area contributed by atoms with Crippen molar-refractivity contribution in [3.8, 4) is 0 Å². The van der Waals surface area contributed by atoms with Gasteiger partial charge in [0, 0.05) is 32.9 Å². The molecule has 1 aromatic rings. The van der Waals surface area contributed by atoms with E-state index in [0.717, 1.165) is 24.6 Å². The molecule has 1 aliphatic rings. The van der Waals surface area contributed by atoms with Crippen molar-refractivity contribution in [2.24, 2.45) is 11.8 Å². The van der Waals surface area contributed by atoms with Crippen molar-refractivity contribution in [2.75, 3.05) is 37.4 Å². The molecule has 1 saturated carbocycles. The molecule has 0 spiro atoms. The van der Waals surface area contributed by atoms with Crippen LogP contribution in [0, 0.1) is 11.8 Å². The predicted octanol–water partition coefficient (Wildman–Crippen LogP) is 1.88. The number of aliphatic hydroxyl groups excluding tert-OH is 1. The zero-order valence-electron chi connectivity index (χ0n) is 12.9. The van der Waals surface area contributed by atoms with E-state index in [2.05, 4.69) is 20.6 Å². The summed E-state index contributed by atoms with van der Waals surface area (Å²) in [4.78, 5) is 8.85. The molecule has 2 rings (SSSR count). The molecule has 2 unspecified atom stereocenters. The highest BCUT2D eigenvalue weighted by atomic mass is 16.5. The first-order valence-corrected chi connectivity index (χ1v) is 7.75. The fourth-order valence-corrected chi connectivity index (χ4v) is 2.83. The Hall–Kier alpha value is -1.40. The van der Waals surface area contributed by atoms with Crippen LogP contribution in [0.3, 0.4) is 0 Å². The molecule has 1 fully saturated rings. The maximum absolute atomic E-state index is 9.38. The summed E-state index contributed by atoms with van der Waals surface area (Å²) >= 11 is 0. The third-order valence-corrected chi connectivity index (χ3v) is 4.06. The molecule has 1 aromatic heterocycles. The first kappa shape index (κ1) is 16.0. The molecular weight excluding hydrogens is 268 g/mol. The van der Waals surface area contributed by atoms with E-state index in [4.69, 9.17) is 4.74 Å². The number of aromatic nitrogens is 2. The first-order valence-electron chi connectivity index (χ1n) is 7.75. The van der Waals surface area contributed by atoms with Gasteiger partial charge in [0.2, 0.25) is 0 Å². The summed E-state index contributed by atoms with van der Waals surface area (Å²) in [7, 11) is 1.84. The van der Waals surface area contributed by atoms with Gasteiger partial charge in [0.05, 0.1) is 0 Å². The second-order valence-corrected chi connectivity index (χ2v) is 5.46. The Balaban J connectivity index is 1.97. The predicted molar refractivity (Wildman–Crippen MR) is 83.3 cm³/mol. The van der Waals surface area contributed by atoms with Gasteiger partial charge in [-0.15, -0.1) is 0 Å². The lowest BCUT2D eigenvalue weighted by atomic mass is 9.97. The van der Waals surface area contributed by atoms with Crippen LogP contribution in [-0.4, -0.2) is 41.9 Å². The fourth-order valence-electron chi connectivity index (χ4n) is 2.83. The molecule has 21 heavy (non-hydrogen) atoms. The number of rotatable bonds is 8. The lowest BCUT2D eigenvalue weighted by Crippen LogP contribution is -2.21. The summed E-state index contributed by atoms with van der Waals surface area (Å²) in [6.07, 6.45) is 3.51. The molecule has 2 atom stereocenters. The van der Waals surface area contributed by atoms with Crippen LogP contribution in [0.4, 0.5) is 11.6 Å². The molecule has 0 bridgehead atoms. The Bertz CT molecular complexity index is 442. The normalized spacial score (nSPS) is 21.5. The summed E-state index contributed by atoms with van der Waals surface area (Å²) in [5.74, 6) is 3.22. The van der Waals surface area contributed by atoms with Gasteiger partial charge in [-0.3, -0.25) is 0 Å². The Kier molecular flexibility index (Phi) is 6.20. The number of hydrogen-bond donors (Lipinski definition) is 3. The van der Waals surface area contributed by atoms with E-state index in [1.807, 2.05) is 20.0 Å². The van der Waals surface area contributed by atoms with Crippen molar-refractivity contribution < 1.29 is 9.84 Å². The van der Waals surface area contributed by atoms with Gasteiger partial charge in [0.1, 0.15) is 18.2 Å². The topological polar surface area (TPSA) is 79.3 Å². The van der Waals surface area contributed by atoms with Gasteiger partial charge < -0.3 is 20.5 Å². The van der Waals surface area contributed by atoms with Gasteiger partial charge in [-0.1, -0.05) is 6.42 Å². The van der Waals surface area contributed by atoms with Gasteiger partial charge in [0.25, 0.3) is 0 Å².